The van der Waals surface area contributed by atoms with Gasteiger partial charge in [-0.1, -0.05) is 65.3 Å². The molecule has 0 aliphatic heterocycles. The first kappa shape index (κ1) is 53.8. The lowest BCUT2D eigenvalue weighted by atomic mass is 10.1. The van der Waals surface area contributed by atoms with E-state index < -0.39 is 21.5 Å². The van der Waals surface area contributed by atoms with E-state index in [0.717, 1.165) is 6.54 Å². The maximum absolute atomic E-state index is 5.08. The molecule has 1 unspecified atom stereocenters. The number of nitrogens with zero attached hydrogens (tertiary/aromatic N) is 3. The van der Waals surface area contributed by atoms with Gasteiger partial charge < -0.3 is 9.48 Å². The topological polar surface area (TPSA) is 58.3 Å². The average Bonchev–Trinajstić information content (AvgIpc) is 2.33. The molecular weight excluding hydrogens is 453 g/mol. The predicted molar refractivity (Wildman–Crippen MR) is 169 cm³/mol. The van der Waals surface area contributed by atoms with Gasteiger partial charge in [0, 0.05) is 27.4 Å². The van der Waals surface area contributed by atoms with Gasteiger partial charge >= 0.3 is 0 Å². The van der Waals surface area contributed by atoms with Crippen molar-refractivity contribution < 1.29 is 4.74 Å². The second kappa shape index (κ2) is 20.9. The number of hydrogen-bond donors (Lipinski definition) is 1. The predicted octanol–water partition coefficient (Wildman–Crippen LogP) is 10.5. The molecule has 0 radical (unpaired) electrons. The Labute approximate surface area is 209 Å². The van der Waals surface area contributed by atoms with Crippen LogP contribution < -0.4 is 5.09 Å². The number of rotatable bonds is 5. The normalized spacial score (nSPS) is 12.6. The van der Waals surface area contributed by atoms with E-state index in [1.165, 1.54) is 0 Å². The Morgan fingerprint density at radius 1 is 0.750 bits per heavy atom. The first-order valence-electron chi connectivity index (χ1n) is 9.15. The van der Waals surface area contributed by atoms with Crippen molar-refractivity contribution >= 4 is 21.5 Å². The van der Waals surface area contributed by atoms with Crippen LogP contribution >= 0.6 is 21.5 Å². The molecule has 0 bridgehead atoms. The van der Waals surface area contributed by atoms with Gasteiger partial charge in [0.1, 0.15) is 7.36 Å². The van der Waals surface area contributed by atoms with E-state index in [9.17, 15) is 0 Å². The van der Waals surface area contributed by atoms with Crippen molar-refractivity contribution in [1.82, 2.24) is 5.09 Å². The van der Waals surface area contributed by atoms with Crippen LogP contribution in [-0.2, 0) is 4.74 Å². The Kier molecular flexibility index (Phi) is 35.2. The molecule has 32 heavy (non-hydrogen) atoms. The summed E-state index contributed by atoms with van der Waals surface area (Å²) in [4.78, 5) is 0. The maximum atomic E-state index is 5.08. The lowest BCUT2D eigenvalue weighted by molar-refractivity contribution is 0.204. The molecule has 0 amide bonds. The van der Waals surface area contributed by atoms with Crippen LogP contribution in [0.15, 0.2) is 14.0 Å². The first-order chi connectivity index (χ1) is 11.3. The second-order valence-electron chi connectivity index (χ2n) is 9.88. The molecule has 1 atom stereocenters. The third-order valence-electron chi connectivity index (χ3n) is 3.80. The van der Waals surface area contributed by atoms with Crippen LogP contribution in [0.1, 0.15) is 86.1 Å². The summed E-state index contributed by atoms with van der Waals surface area (Å²) in [5.41, 5.74) is -0.0543. The SMILES string of the molecule is C.C.C.C.C.C.CN=P(C)(C)C(C)(C)C.COCCNP(C)(N=P(C)(C)C)=NC(C)(C)C. The number of hydrogen-bond acceptors (Lipinski definition) is 3. The van der Waals surface area contributed by atoms with Crippen molar-refractivity contribution in [2.75, 3.05) is 67.3 Å². The van der Waals surface area contributed by atoms with Gasteiger partial charge in [-0.05, 0) is 73.4 Å². The summed E-state index contributed by atoms with van der Waals surface area (Å²) >= 11 is 0. The van der Waals surface area contributed by atoms with Crippen LogP contribution in [0.2, 0.25) is 0 Å². The summed E-state index contributed by atoms with van der Waals surface area (Å²) in [6.45, 7) is 28.0. The molecule has 8 heteroatoms. The van der Waals surface area contributed by atoms with Crippen LogP contribution in [0.25, 0.3) is 0 Å². The lowest BCUT2D eigenvalue weighted by Crippen LogP contribution is -2.18. The minimum absolute atomic E-state index is 0. The molecule has 208 valence electrons. The number of methoxy groups -OCH3 is 1. The summed E-state index contributed by atoms with van der Waals surface area (Å²) in [5, 5.41) is 3.88. The van der Waals surface area contributed by atoms with Gasteiger partial charge in [-0.2, -0.15) is 0 Å². The summed E-state index contributed by atoms with van der Waals surface area (Å²) < 4.78 is 19.4. The molecule has 5 nitrogen and oxygen atoms in total. The molecule has 1 N–H and O–H groups in total. The highest BCUT2D eigenvalue weighted by atomic mass is 31.2. The van der Waals surface area contributed by atoms with Crippen molar-refractivity contribution in [2.24, 2.45) is 14.0 Å². The molecule has 0 spiro atoms. The Hall–Kier alpha value is 0.610. The molecule has 0 aliphatic carbocycles. The Bertz CT molecular complexity index is 567. The highest BCUT2D eigenvalue weighted by Crippen LogP contribution is 2.55. The van der Waals surface area contributed by atoms with Crippen molar-refractivity contribution in [3.8, 4) is 0 Å². The second-order valence-corrected chi connectivity index (χ2v) is 21.4. The van der Waals surface area contributed by atoms with Gasteiger partial charge in [-0.3, -0.25) is 14.3 Å². The minimum Gasteiger partial charge on any atom is -0.383 e. The van der Waals surface area contributed by atoms with E-state index in [2.05, 4.69) is 91.4 Å². The number of nitrogens with one attached hydrogen (secondary N) is 1. The molecule has 0 aromatic carbocycles. The third-order valence-corrected chi connectivity index (χ3v) is 13.4. The molecule has 0 aromatic heterocycles. The fourth-order valence-corrected chi connectivity index (χ4v) is 8.80. The minimum atomic E-state index is -1.77. The van der Waals surface area contributed by atoms with Crippen molar-refractivity contribution in [3.05, 3.63) is 0 Å². The van der Waals surface area contributed by atoms with Gasteiger partial charge in [0.05, 0.1) is 12.1 Å². The quantitative estimate of drug-likeness (QED) is 0.287. The van der Waals surface area contributed by atoms with Crippen LogP contribution in [0.5, 0.6) is 0 Å². The van der Waals surface area contributed by atoms with Crippen LogP contribution in [0, 0.1) is 0 Å². The van der Waals surface area contributed by atoms with E-state index in [1.54, 1.807) is 7.11 Å². The van der Waals surface area contributed by atoms with Crippen molar-refractivity contribution in [2.45, 2.75) is 96.8 Å². The van der Waals surface area contributed by atoms with Gasteiger partial charge in [0.25, 0.3) is 0 Å². The van der Waals surface area contributed by atoms with Crippen molar-refractivity contribution in [1.29, 1.82) is 0 Å². The average molecular weight is 525 g/mol. The summed E-state index contributed by atoms with van der Waals surface area (Å²) in [6, 6.07) is 0. The molecule has 0 heterocycles. The first-order valence-corrected chi connectivity index (χ1v) is 17.0. The Morgan fingerprint density at radius 2 is 1.12 bits per heavy atom. The Morgan fingerprint density at radius 3 is 1.31 bits per heavy atom. The summed E-state index contributed by atoms with van der Waals surface area (Å²) in [7, 11) is -0.305. The van der Waals surface area contributed by atoms with Crippen LogP contribution in [0.4, 0.5) is 0 Å². The molecule has 0 saturated heterocycles. The molecular formula is C24H71N4OP3. The molecule has 0 aliphatic rings. The van der Waals surface area contributed by atoms with E-state index in [1.807, 2.05) is 7.05 Å². The van der Waals surface area contributed by atoms with E-state index in [-0.39, 0.29) is 50.1 Å². The smallest absolute Gasteiger partial charge is 0.132 e. The summed E-state index contributed by atoms with van der Waals surface area (Å²) in [6.07, 6.45) is 0. The van der Waals surface area contributed by atoms with Gasteiger partial charge in [0.15, 0.2) is 0 Å². The van der Waals surface area contributed by atoms with Crippen LogP contribution in [0.3, 0.4) is 0 Å². The monoisotopic (exact) mass is 524 g/mol. The van der Waals surface area contributed by atoms with Crippen molar-refractivity contribution in [3.63, 3.8) is 0 Å². The molecule has 0 saturated carbocycles. The van der Waals surface area contributed by atoms with Crippen LogP contribution in [-0.4, -0.2) is 78.0 Å². The lowest BCUT2D eigenvalue weighted by Gasteiger charge is -2.29. The molecule has 0 fully saturated rings. The zero-order valence-electron chi connectivity index (χ0n) is 20.0. The Balaban J connectivity index is -0.0000000566. The third kappa shape index (κ3) is 28.6. The molecule has 0 aromatic rings. The fourth-order valence-electron chi connectivity index (χ4n) is 1.85. The zero-order valence-corrected chi connectivity index (χ0v) is 22.7. The zero-order chi connectivity index (χ0) is 21.4. The molecule has 0 rings (SSSR count). The van der Waals surface area contributed by atoms with E-state index in [4.69, 9.17) is 14.0 Å². The summed E-state index contributed by atoms with van der Waals surface area (Å²) in [5.74, 6) is 0. The van der Waals surface area contributed by atoms with Gasteiger partial charge in [-0.25, -0.2) is 0 Å². The number of ether oxygens (including phenoxy) is 1. The van der Waals surface area contributed by atoms with Gasteiger partial charge in [0.2, 0.25) is 0 Å². The fraction of sp³-hybridized carbons (Fsp3) is 1.00. The van der Waals surface area contributed by atoms with E-state index in [0.29, 0.717) is 11.8 Å². The van der Waals surface area contributed by atoms with E-state index >= 15 is 0 Å². The van der Waals surface area contributed by atoms with Gasteiger partial charge in [-0.15, -0.1) is 0 Å². The largest absolute Gasteiger partial charge is 0.383 e. The maximum Gasteiger partial charge on any atom is 0.132 e. The standard InChI is InChI=1S/C11H29N3OP2.C7H18NP.6CH4/c1-11(2,3)13-17(8,12-9-10-15-4)14-16(5,6)7;1-7(2,3)9(5,6)8-4;;;;;;/h12H,9-10H2,1-8H3;1-6H3;6*1H4. The highest BCUT2D eigenvalue weighted by molar-refractivity contribution is 7.74. The highest BCUT2D eigenvalue weighted by Gasteiger charge is 2.22.